The van der Waals surface area contributed by atoms with Crippen LogP contribution in [0.25, 0.3) is 0 Å². The fraction of sp³-hybridized carbons (Fsp3) is 0. The molecule has 9 heteroatoms. The first-order chi connectivity index (χ1) is 4.61. The van der Waals surface area contributed by atoms with E-state index < -0.39 is 6.62 Å². The summed E-state index contributed by atoms with van der Waals surface area (Å²) in [6, 6.07) is 0. The van der Waals surface area contributed by atoms with E-state index >= 15 is 0 Å². The summed E-state index contributed by atoms with van der Waals surface area (Å²) in [5.41, 5.74) is 0. The molecule has 1 fully saturated rings. The topological polar surface area (TPSA) is 9.72 Å². The molecule has 0 aliphatic carbocycles. The van der Waals surface area contributed by atoms with Crippen LogP contribution in [-0.4, -0.2) is 43.0 Å². The van der Waals surface area contributed by atoms with Crippen LogP contribution in [0, 0.1) is 0 Å². The predicted octanol–water partition coefficient (Wildman–Crippen LogP) is -0.993. The van der Waals surface area contributed by atoms with Gasteiger partial charge in [0.15, 0.2) is 0 Å². The van der Waals surface area contributed by atoms with Gasteiger partial charge < -0.3 is 9.89 Å². The van der Waals surface area contributed by atoms with Gasteiger partial charge in [-0.05, 0) is 6.47 Å². The van der Waals surface area contributed by atoms with Crippen molar-refractivity contribution in [2.75, 3.05) is 0 Å². The van der Waals surface area contributed by atoms with Gasteiger partial charge >= 0.3 is 21.7 Å². The molecule has 0 saturated carbocycles. The summed E-state index contributed by atoms with van der Waals surface area (Å²) in [6.45, 7) is 3.23. The third kappa shape index (κ3) is 1.25. The fourth-order valence-electron chi connectivity index (χ4n) is 0.483. The van der Waals surface area contributed by atoms with E-state index in [0.29, 0.717) is 15.1 Å². The zero-order valence-corrected chi connectivity index (χ0v) is 4.78. The standard InChI is InChI=1S/CHB3F3N3/c1-4-9(6)2-8(5)3-10(4)7/h1H. The zero-order valence-electron chi connectivity index (χ0n) is 4.78. The van der Waals surface area contributed by atoms with Crippen molar-refractivity contribution in [1.82, 2.24) is 14.8 Å². The first kappa shape index (κ1) is 7.43. The maximum absolute atomic E-state index is 12.1. The van der Waals surface area contributed by atoms with Gasteiger partial charge in [0.1, 0.15) is 0 Å². The average Bonchev–Trinajstić information content (AvgIpc) is 1.82. The Morgan fingerprint density at radius 3 is 1.90 bits per heavy atom. The van der Waals surface area contributed by atoms with Crippen molar-refractivity contribution >= 4 is 28.2 Å². The zero-order chi connectivity index (χ0) is 7.72. The monoisotopic (exact) mass is 145 g/mol. The lowest BCUT2D eigenvalue weighted by molar-refractivity contribution is 0.117. The molecule has 1 rings (SSSR count). The van der Waals surface area contributed by atoms with Crippen LogP contribution in [0.1, 0.15) is 0 Å². The minimum absolute atomic E-state index is 0.288. The van der Waals surface area contributed by atoms with Gasteiger partial charge in [-0.3, -0.25) is 0 Å². The molecule has 0 spiro atoms. The summed E-state index contributed by atoms with van der Waals surface area (Å²) in [5, 5.41) is 0. The summed E-state index contributed by atoms with van der Waals surface area (Å²) in [7, 11) is 0.751. The molecule has 3 nitrogen and oxygen atoms in total. The average molecular weight is 144 g/mol. The SMILES string of the molecule is [CH+]=[B-]1N(F)[B]N(F)[B]N1F. The molecular weight excluding hydrogens is 143 g/mol. The number of hydrogen-bond donors (Lipinski definition) is 0. The van der Waals surface area contributed by atoms with Crippen LogP contribution in [-0.2, 0) is 0 Å². The minimum Gasteiger partial charge on any atom is -0.387 e. The first-order valence-corrected chi connectivity index (χ1v) is 2.39. The Labute approximate surface area is 57.5 Å². The van der Waals surface area contributed by atoms with Gasteiger partial charge in [0.2, 0.25) is 0 Å². The number of halogens is 3. The highest BCUT2D eigenvalue weighted by atomic mass is 19.2. The van der Waals surface area contributed by atoms with E-state index in [2.05, 4.69) is 0 Å². The van der Waals surface area contributed by atoms with Crippen molar-refractivity contribution in [2.24, 2.45) is 0 Å². The number of hydrogen-bond acceptors (Lipinski definition) is 3. The highest BCUT2D eigenvalue weighted by Crippen LogP contribution is 2.03. The van der Waals surface area contributed by atoms with Crippen molar-refractivity contribution in [3.63, 3.8) is 0 Å². The maximum Gasteiger partial charge on any atom is 0.410 e. The van der Waals surface area contributed by atoms with Crippen LogP contribution in [0.2, 0.25) is 0 Å². The molecule has 0 aromatic carbocycles. The molecule has 0 N–H and O–H groups in total. The van der Waals surface area contributed by atoms with Crippen LogP contribution in [0.4, 0.5) is 13.4 Å². The molecular formula is CHB3F3N3. The van der Waals surface area contributed by atoms with Gasteiger partial charge in [-0.15, -0.1) is 0 Å². The fourth-order valence-corrected chi connectivity index (χ4v) is 0.483. The molecule has 10 heavy (non-hydrogen) atoms. The van der Waals surface area contributed by atoms with Gasteiger partial charge in [-0.1, -0.05) is 0 Å². The molecule has 0 bridgehead atoms. The lowest BCUT2D eigenvalue weighted by atomic mass is 9.76. The van der Waals surface area contributed by atoms with E-state index in [1.54, 1.807) is 0 Å². The Bertz CT molecular complexity index is 140. The highest BCUT2D eigenvalue weighted by molar-refractivity contribution is 6.74. The van der Waals surface area contributed by atoms with Crippen molar-refractivity contribution in [3.8, 4) is 0 Å². The molecule has 0 aromatic rings. The summed E-state index contributed by atoms with van der Waals surface area (Å²) in [6.07, 6.45) is 0. The quantitative estimate of drug-likeness (QED) is 0.246. The highest BCUT2D eigenvalue weighted by Gasteiger charge is 2.29. The van der Waals surface area contributed by atoms with Gasteiger partial charge in [0.05, 0.1) is 0 Å². The lowest BCUT2D eigenvalue weighted by Gasteiger charge is -2.32. The van der Waals surface area contributed by atoms with Crippen LogP contribution in [0.15, 0.2) is 0 Å². The van der Waals surface area contributed by atoms with Crippen molar-refractivity contribution in [3.05, 3.63) is 0 Å². The summed E-state index contributed by atoms with van der Waals surface area (Å²) < 4.78 is 36.3. The largest absolute Gasteiger partial charge is 0.410 e. The molecule has 1 aliphatic rings. The van der Waals surface area contributed by atoms with Crippen LogP contribution in [0.3, 0.4) is 0 Å². The number of nitrogens with zero attached hydrogens (tertiary/aromatic N) is 3. The Balaban J connectivity index is 2.57. The first-order valence-electron chi connectivity index (χ1n) is 2.39. The second kappa shape index (κ2) is 2.52. The molecule has 1 heterocycles. The van der Waals surface area contributed by atoms with Crippen LogP contribution < -0.4 is 0 Å². The second-order valence-electron chi connectivity index (χ2n) is 1.68. The molecule has 0 amide bonds. The van der Waals surface area contributed by atoms with E-state index in [4.69, 9.17) is 6.47 Å². The summed E-state index contributed by atoms with van der Waals surface area (Å²) >= 11 is 0. The van der Waals surface area contributed by atoms with E-state index in [1.807, 2.05) is 0 Å². The van der Waals surface area contributed by atoms with Crippen molar-refractivity contribution in [1.29, 1.82) is 0 Å². The smallest absolute Gasteiger partial charge is 0.387 e. The van der Waals surface area contributed by atoms with Crippen molar-refractivity contribution < 1.29 is 13.4 Å². The van der Waals surface area contributed by atoms with Gasteiger partial charge in [-0.2, -0.15) is 18.4 Å². The van der Waals surface area contributed by atoms with E-state index in [0.717, 1.165) is 0 Å². The molecule has 2 radical (unpaired) electrons. The van der Waals surface area contributed by atoms with E-state index in [9.17, 15) is 13.4 Å². The Hall–Kier alpha value is -0.675. The number of rotatable bonds is 0. The molecule has 50 valence electrons. The Morgan fingerprint density at radius 1 is 1.10 bits per heavy atom. The van der Waals surface area contributed by atoms with Crippen molar-refractivity contribution in [2.45, 2.75) is 0 Å². The molecule has 0 atom stereocenters. The Kier molecular flexibility index (Phi) is 1.87. The third-order valence-corrected chi connectivity index (χ3v) is 0.947. The van der Waals surface area contributed by atoms with Gasteiger partial charge in [0.25, 0.3) is 0 Å². The van der Waals surface area contributed by atoms with E-state index in [1.165, 1.54) is 0 Å². The van der Waals surface area contributed by atoms with E-state index in [-0.39, 0.29) is 14.8 Å². The Morgan fingerprint density at radius 2 is 1.50 bits per heavy atom. The van der Waals surface area contributed by atoms with Gasteiger partial charge in [0, 0.05) is 0 Å². The molecule has 0 aromatic heterocycles. The normalized spacial score (nSPS) is 20.4. The molecule has 0 unspecified atom stereocenters. The maximum atomic E-state index is 12.1. The predicted molar refractivity (Wildman–Crippen MR) is 32.2 cm³/mol. The van der Waals surface area contributed by atoms with Gasteiger partial charge in [-0.25, -0.2) is 0 Å². The second-order valence-corrected chi connectivity index (χ2v) is 1.68. The summed E-state index contributed by atoms with van der Waals surface area (Å²) in [4.78, 5) is -0.899. The molecule has 1 saturated heterocycles. The molecule has 1 aliphatic heterocycles. The minimum atomic E-state index is -1.60. The third-order valence-electron chi connectivity index (χ3n) is 0.947. The lowest BCUT2D eigenvalue weighted by Crippen LogP contribution is -2.56. The van der Waals surface area contributed by atoms with Crippen LogP contribution >= 0.6 is 0 Å². The summed E-state index contributed by atoms with van der Waals surface area (Å²) in [5.74, 6) is 0. The van der Waals surface area contributed by atoms with Crippen LogP contribution in [0.5, 0.6) is 0 Å².